The monoisotopic (exact) mass is 388 g/mol. The molecule has 27 heavy (non-hydrogen) atoms. The summed E-state index contributed by atoms with van der Waals surface area (Å²) < 4.78 is 12.6. The van der Waals surface area contributed by atoms with Crippen LogP contribution >= 0.6 is 11.8 Å². The molecule has 1 aromatic heterocycles. The second-order valence-corrected chi connectivity index (χ2v) is 7.87. The Morgan fingerprint density at radius 2 is 2.07 bits per heavy atom. The fraction of sp³-hybridized carbons (Fsp3) is 0.526. The average Bonchev–Trinajstić information content (AvgIpc) is 3.37. The lowest BCUT2D eigenvalue weighted by atomic mass is 10.0. The van der Waals surface area contributed by atoms with Gasteiger partial charge in [0.25, 0.3) is 5.91 Å². The fourth-order valence-electron chi connectivity index (χ4n) is 3.84. The lowest BCUT2D eigenvalue weighted by molar-refractivity contribution is 0.0847. The lowest BCUT2D eigenvalue weighted by Crippen LogP contribution is -2.37. The summed E-state index contributed by atoms with van der Waals surface area (Å²) in [7, 11) is 1.64. The summed E-state index contributed by atoms with van der Waals surface area (Å²) in [5, 5.41) is 4.69. The molecule has 0 radical (unpaired) electrons. The van der Waals surface area contributed by atoms with Crippen molar-refractivity contribution in [1.82, 2.24) is 19.7 Å². The van der Waals surface area contributed by atoms with E-state index in [1.54, 1.807) is 7.11 Å². The van der Waals surface area contributed by atoms with Crippen LogP contribution in [-0.4, -0.2) is 57.6 Å². The number of thioether (sulfide) groups is 1. The van der Waals surface area contributed by atoms with Crippen molar-refractivity contribution < 1.29 is 14.3 Å². The highest BCUT2D eigenvalue weighted by molar-refractivity contribution is 8.00. The van der Waals surface area contributed by atoms with Crippen LogP contribution in [0.4, 0.5) is 0 Å². The third-order valence-corrected chi connectivity index (χ3v) is 6.21. The summed E-state index contributed by atoms with van der Waals surface area (Å²) in [6, 6.07) is 5.94. The maximum absolute atomic E-state index is 13.1. The van der Waals surface area contributed by atoms with Crippen molar-refractivity contribution in [3.05, 3.63) is 29.6 Å². The van der Waals surface area contributed by atoms with E-state index in [0.717, 1.165) is 37.2 Å². The van der Waals surface area contributed by atoms with Gasteiger partial charge in [0.05, 0.1) is 19.8 Å². The van der Waals surface area contributed by atoms with E-state index < -0.39 is 0 Å². The van der Waals surface area contributed by atoms with Gasteiger partial charge in [-0.1, -0.05) is 17.8 Å². The predicted octanol–water partition coefficient (Wildman–Crippen LogP) is 2.95. The van der Waals surface area contributed by atoms with Crippen LogP contribution in [0, 0.1) is 6.92 Å². The van der Waals surface area contributed by atoms with Crippen LogP contribution in [0.2, 0.25) is 0 Å². The molecule has 4 rings (SSSR count). The van der Waals surface area contributed by atoms with Gasteiger partial charge < -0.3 is 9.47 Å². The molecule has 2 unspecified atom stereocenters. The van der Waals surface area contributed by atoms with E-state index in [1.165, 1.54) is 16.4 Å². The Labute approximate surface area is 163 Å². The minimum absolute atomic E-state index is 0.000326. The molecule has 0 amide bonds. The maximum Gasteiger partial charge on any atom is 0.264 e. The molecule has 2 atom stereocenters. The van der Waals surface area contributed by atoms with Crippen LogP contribution in [0.1, 0.15) is 42.0 Å². The Morgan fingerprint density at radius 3 is 2.74 bits per heavy atom. The number of nitrogens with zero attached hydrogens (tertiary/aromatic N) is 4. The van der Waals surface area contributed by atoms with Gasteiger partial charge in [-0.05, 0) is 57.5 Å². The molecule has 2 aliphatic heterocycles. The molecule has 2 aromatic rings. The quantitative estimate of drug-likeness (QED) is 0.753. The van der Waals surface area contributed by atoms with Gasteiger partial charge in [-0.3, -0.25) is 9.69 Å². The van der Waals surface area contributed by atoms with Crippen molar-refractivity contribution in [3.8, 4) is 11.5 Å². The van der Waals surface area contributed by atoms with E-state index in [-0.39, 0.29) is 17.2 Å². The van der Waals surface area contributed by atoms with Crippen LogP contribution in [0.5, 0.6) is 11.5 Å². The first-order valence-electron chi connectivity index (χ1n) is 9.31. The van der Waals surface area contributed by atoms with Crippen LogP contribution in [0.25, 0.3) is 0 Å². The zero-order valence-electron chi connectivity index (χ0n) is 15.8. The summed E-state index contributed by atoms with van der Waals surface area (Å²) in [4.78, 5) is 19.9. The number of benzene rings is 1. The number of aromatic nitrogens is 3. The lowest BCUT2D eigenvalue weighted by Gasteiger charge is -2.31. The molecule has 8 heteroatoms. The van der Waals surface area contributed by atoms with Crippen LogP contribution in [0.15, 0.2) is 23.4 Å². The number of hydrogen-bond donors (Lipinski definition) is 0. The van der Waals surface area contributed by atoms with Crippen molar-refractivity contribution in [2.75, 3.05) is 26.8 Å². The molecule has 3 heterocycles. The third-order valence-electron chi connectivity index (χ3n) is 5.02. The molecule has 1 fully saturated rings. The number of methoxy groups -OCH3 is 1. The largest absolute Gasteiger partial charge is 0.493 e. The summed E-state index contributed by atoms with van der Waals surface area (Å²) in [6.07, 6.45) is 2.30. The number of rotatable bonds is 6. The first-order chi connectivity index (χ1) is 13.1. The van der Waals surface area contributed by atoms with Crippen molar-refractivity contribution >= 4 is 17.7 Å². The highest BCUT2D eigenvalue weighted by atomic mass is 32.2. The van der Waals surface area contributed by atoms with Crippen molar-refractivity contribution in [2.45, 2.75) is 43.1 Å². The molecule has 144 valence electrons. The Bertz CT molecular complexity index is 847. The van der Waals surface area contributed by atoms with E-state index in [1.807, 2.05) is 32.0 Å². The highest BCUT2D eigenvalue weighted by Crippen LogP contribution is 2.43. The molecule has 7 nitrogen and oxygen atoms in total. The Morgan fingerprint density at radius 1 is 1.30 bits per heavy atom. The zero-order chi connectivity index (χ0) is 19.0. The predicted molar refractivity (Wildman–Crippen MR) is 103 cm³/mol. The minimum atomic E-state index is -0.263. The maximum atomic E-state index is 13.1. The van der Waals surface area contributed by atoms with Gasteiger partial charge in [0.2, 0.25) is 0 Å². The summed E-state index contributed by atoms with van der Waals surface area (Å²) in [6.45, 7) is 6.31. The zero-order valence-corrected chi connectivity index (χ0v) is 16.7. The molecule has 0 N–H and O–H groups in total. The van der Waals surface area contributed by atoms with Gasteiger partial charge in [-0.2, -0.15) is 4.68 Å². The van der Waals surface area contributed by atoms with E-state index in [0.29, 0.717) is 23.3 Å². The fourth-order valence-corrected chi connectivity index (χ4v) is 5.14. The van der Waals surface area contributed by atoms with Crippen LogP contribution in [-0.2, 0) is 0 Å². The number of ether oxygens (including phenoxy) is 2. The van der Waals surface area contributed by atoms with Crippen molar-refractivity contribution in [1.29, 1.82) is 0 Å². The normalized spacial score (nSPS) is 20.7. The molecular weight excluding hydrogens is 364 g/mol. The van der Waals surface area contributed by atoms with Gasteiger partial charge >= 0.3 is 0 Å². The van der Waals surface area contributed by atoms with Crippen LogP contribution < -0.4 is 9.47 Å². The van der Waals surface area contributed by atoms with E-state index >= 15 is 0 Å². The molecular formula is C19H24N4O3S. The van der Waals surface area contributed by atoms with Crippen molar-refractivity contribution in [3.63, 3.8) is 0 Å². The van der Waals surface area contributed by atoms with Gasteiger partial charge in [0, 0.05) is 0 Å². The SMILES string of the molecule is CCOc1ccc(C(C2Sc3nc(C)nn3C2=O)N2CCCC2)cc1OC. The molecule has 0 spiro atoms. The molecule has 1 aromatic carbocycles. The topological polar surface area (TPSA) is 69.5 Å². The molecule has 1 saturated heterocycles. The molecule has 0 saturated carbocycles. The van der Waals surface area contributed by atoms with Gasteiger partial charge in [-0.15, -0.1) is 5.10 Å². The first-order valence-corrected chi connectivity index (χ1v) is 10.2. The minimum Gasteiger partial charge on any atom is -0.493 e. The summed E-state index contributed by atoms with van der Waals surface area (Å²) in [5.74, 6) is 2.05. The first kappa shape index (κ1) is 18.3. The summed E-state index contributed by atoms with van der Waals surface area (Å²) in [5.41, 5.74) is 1.06. The number of fused-ring (bicyclic) bond motifs is 1. The summed E-state index contributed by atoms with van der Waals surface area (Å²) >= 11 is 1.51. The smallest absolute Gasteiger partial charge is 0.264 e. The van der Waals surface area contributed by atoms with Gasteiger partial charge in [0.15, 0.2) is 16.7 Å². The highest BCUT2D eigenvalue weighted by Gasteiger charge is 2.43. The number of carbonyl (C=O) groups excluding carboxylic acids is 1. The van der Waals surface area contributed by atoms with E-state index in [4.69, 9.17) is 9.47 Å². The van der Waals surface area contributed by atoms with Crippen molar-refractivity contribution in [2.24, 2.45) is 0 Å². The second-order valence-electron chi connectivity index (χ2n) is 6.76. The Kier molecular flexibility index (Phi) is 5.10. The van der Waals surface area contributed by atoms with Crippen LogP contribution in [0.3, 0.4) is 0 Å². The Balaban J connectivity index is 1.70. The number of carbonyl (C=O) groups is 1. The van der Waals surface area contributed by atoms with Gasteiger partial charge in [0.1, 0.15) is 11.1 Å². The van der Waals surface area contributed by atoms with Gasteiger partial charge in [-0.25, -0.2) is 4.98 Å². The molecule has 0 bridgehead atoms. The number of likely N-dealkylation sites (tertiary alicyclic amines) is 1. The Hall–Kier alpha value is -2.06. The van der Waals surface area contributed by atoms with E-state index in [9.17, 15) is 4.79 Å². The molecule has 0 aliphatic carbocycles. The average molecular weight is 388 g/mol. The number of aryl methyl sites for hydroxylation is 1. The van der Waals surface area contributed by atoms with E-state index in [2.05, 4.69) is 15.0 Å². The standard InChI is InChI=1S/C19H24N4O3S/c1-4-26-14-8-7-13(11-15(14)25-3)16(22-9-5-6-10-22)17-18(24)23-19(27-17)20-12(2)21-23/h7-8,11,16-17H,4-6,9-10H2,1-3H3. The second kappa shape index (κ2) is 7.52. The number of hydrogen-bond acceptors (Lipinski definition) is 7. The third kappa shape index (κ3) is 3.32. The molecule has 2 aliphatic rings.